The van der Waals surface area contributed by atoms with Gasteiger partial charge >= 0.3 is 0 Å². The third-order valence-corrected chi connectivity index (χ3v) is 5.20. The summed E-state index contributed by atoms with van der Waals surface area (Å²) in [5.41, 5.74) is 2.79. The average molecular weight is 392 g/mol. The molecule has 2 aromatic rings. The van der Waals surface area contributed by atoms with E-state index in [1.165, 1.54) is 5.56 Å². The van der Waals surface area contributed by atoms with Crippen LogP contribution in [0.25, 0.3) is 0 Å². The van der Waals surface area contributed by atoms with E-state index in [2.05, 4.69) is 46.4 Å². The van der Waals surface area contributed by atoms with Gasteiger partial charge in [-0.15, -0.1) is 0 Å². The Kier molecular flexibility index (Phi) is 6.54. The van der Waals surface area contributed by atoms with E-state index in [0.29, 0.717) is 22.2 Å². The third kappa shape index (κ3) is 5.21. The summed E-state index contributed by atoms with van der Waals surface area (Å²) < 4.78 is 0. The van der Waals surface area contributed by atoms with Crippen molar-refractivity contribution in [1.82, 2.24) is 15.1 Å². The van der Waals surface area contributed by atoms with E-state index >= 15 is 0 Å². The number of halogens is 2. The molecule has 1 N–H and O–H groups in total. The fourth-order valence-electron chi connectivity index (χ4n) is 2.98. The summed E-state index contributed by atoms with van der Waals surface area (Å²) >= 11 is 11.9. The van der Waals surface area contributed by atoms with Crippen LogP contribution in [0.3, 0.4) is 0 Å². The zero-order valence-electron chi connectivity index (χ0n) is 14.8. The largest absolute Gasteiger partial charge is 0.348 e. The van der Waals surface area contributed by atoms with Crippen LogP contribution in [0.2, 0.25) is 10.0 Å². The summed E-state index contributed by atoms with van der Waals surface area (Å²) in [5, 5.41) is 3.77. The number of carbonyl (C=O) groups is 1. The van der Waals surface area contributed by atoms with Crippen molar-refractivity contribution in [2.24, 2.45) is 0 Å². The summed E-state index contributed by atoms with van der Waals surface area (Å²) in [4.78, 5) is 17.1. The molecule has 1 aliphatic heterocycles. The van der Waals surface area contributed by atoms with Crippen LogP contribution < -0.4 is 5.32 Å². The zero-order chi connectivity index (χ0) is 18.5. The Hall–Kier alpha value is -1.59. The Morgan fingerprint density at radius 2 is 1.65 bits per heavy atom. The lowest BCUT2D eigenvalue weighted by Crippen LogP contribution is -2.43. The number of nitrogens with zero attached hydrogens (tertiary/aromatic N) is 2. The Morgan fingerprint density at radius 1 is 1.00 bits per heavy atom. The summed E-state index contributed by atoms with van der Waals surface area (Å²) in [7, 11) is 2.16. The second kappa shape index (κ2) is 8.87. The lowest BCUT2D eigenvalue weighted by atomic mass is 10.1. The highest BCUT2D eigenvalue weighted by atomic mass is 35.5. The van der Waals surface area contributed by atoms with Gasteiger partial charge in [0.15, 0.2) is 0 Å². The Labute approximate surface area is 164 Å². The second-order valence-electron chi connectivity index (χ2n) is 6.70. The summed E-state index contributed by atoms with van der Waals surface area (Å²) in [5.74, 6) is -0.201. The van der Waals surface area contributed by atoms with Crippen LogP contribution in [0.1, 0.15) is 21.5 Å². The molecule has 138 valence electrons. The van der Waals surface area contributed by atoms with E-state index in [4.69, 9.17) is 23.2 Å². The number of carbonyl (C=O) groups excluding carboxylic acids is 1. The highest BCUT2D eigenvalue weighted by Gasteiger charge is 2.14. The molecule has 0 spiro atoms. The van der Waals surface area contributed by atoms with Gasteiger partial charge < -0.3 is 10.2 Å². The molecule has 1 heterocycles. The van der Waals surface area contributed by atoms with Crippen molar-refractivity contribution in [2.45, 2.75) is 13.1 Å². The molecule has 4 nitrogen and oxygen atoms in total. The number of hydrogen-bond acceptors (Lipinski definition) is 3. The predicted octanol–water partition coefficient (Wildman–Crippen LogP) is 3.67. The van der Waals surface area contributed by atoms with E-state index in [-0.39, 0.29) is 5.91 Å². The number of likely N-dealkylation sites (N-methyl/N-ethyl adjacent to an activating group) is 1. The van der Waals surface area contributed by atoms with Gasteiger partial charge in [-0.1, -0.05) is 47.5 Å². The fraction of sp³-hybridized carbons (Fsp3) is 0.350. The Morgan fingerprint density at radius 3 is 2.31 bits per heavy atom. The van der Waals surface area contributed by atoms with Gasteiger partial charge in [-0.3, -0.25) is 9.69 Å². The van der Waals surface area contributed by atoms with E-state index in [1.807, 2.05) is 0 Å². The smallest absolute Gasteiger partial charge is 0.253 e. The summed E-state index contributed by atoms with van der Waals surface area (Å²) in [6.07, 6.45) is 0. The average Bonchev–Trinajstić information content (AvgIpc) is 2.63. The van der Waals surface area contributed by atoms with E-state index in [0.717, 1.165) is 38.3 Å². The molecule has 6 heteroatoms. The minimum absolute atomic E-state index is 0.201. The molecule has 0 radical (unpaired) electrons. The molecule has 1 saturated heterocycles. The van der Waals surface area contributed by atoms with Crippen LogP contribution in [0, 0.1) is 0 Å². The molecule has 0 atom stereocenters. The zero-order valence-corrected chi connectivity index (χ0v) is 16.4. The molecule has 2 aromatic carbocycles. The number of amides is 1. The van der Waals surface area contributed by atoms with Crippen molar-refractivity contribution >= 4 is 29.1 Å². The summed E-state index contributed by atoms with van der Waals surface area (Å²) in [6.45, 7) is 5.90. The summed E-state index contributed by atoms with van der Waals surface area (Å²) in [6, 6.07) is 13.3. The number of piperazine rings is 1. The maximum Gasteiger partial charge on any atom is 0.253 e. The topological polar surface area (TPSA) is 35.6 Å². The van der Waals surface area contributed by atoms with Crippen LogP contribution >= 0.6 is 23.2 Å². The highest BCUT2D eigenvalue weighted by molar-refractivity contribution is 6.36. The molecule has 3 rings (SSSR count). The maximum atomic E-state index is 12.3. The first-order valence-corrected chi connectivity index (χ1v) is 9.49. The molecule has 0 aliphatic carbocycles. The molecule has 1 fully saturated rings. The van der Waals surface area contributed by atoms with Crippen molar-refractivity contribution in [3.8, 4) is 0 Å². The van der Waals surface area contributed by atoms with Gasteiger partial charge in [-0.2, -0.15) is 0 Å². The molecule has 26 heavy (non-hydrogen) atoms. The van der Waals surface area contributed by atoms with Gasteiger partial charge in [0, 0.05) is 44.3 Å². The third-order valence-electron chi connectivity index (χ3n) is 4.65. The van der Waals surface area contributed by atoms with Crippen LogP contribution in [0.5, 0.6) is 0 Å². The molecule has 1 aliphatic rings. The SMILES string of the molecule is CN1CCN(Cc2ccc(CNC(=O)c3ccc(Cl)cc3Cl)cc2)CC1. The first-order valence-electron chi connectivity index (χ1n) is 8.73. The standard InChI is InChI=1S/C20H23Cl2N3O/c1-24-8-10-25(11-9-24)14-16-4-2-15(3-5-16)13-23-20(26)18-7-6-17(21)12-19(18)22/h2-7,12H,8-11,13-14H2,1H3,(H,23,26). The molecule has 0 unspecified atom stereocenters. The molecular weight excluding hydrogens is 369 g/mol. The van der Waals surface area contributed by atoms with Crippen molar-refractivity contribution in [2.75, 3.05) is 33.2 Å². The van der Waals surface area contributed by atoms with Gasteiger partial charge in [-0.25, -0.2) is 0 Å². The minimum Gasteiger partial charge on any atom is -0.348 e. The first kappa shape index (κ1) is 19.2. The van der Waals surface area contributed by atoms with E-state index < -0.39 is 0 Å². The van der Waals surface area contributed by atoms with Crippen molar-refractivity contribution in [3.63, 3.8) is 0 Å². The predicted molar refractivity (Wildman–Crippen MR) is 107 cm³/mol. The molecular formula is C20H23Cl2N3O. The van der Waals surface area contributed by atoms with Gasteiger partial charge in [0.25, 0.3) is 5.91 Å². The van der Waals surface area contributed by atoms with Crippen LogP contribution in [0.4, 0.5) is 0 Å². The van der Waals surface area contributed by atoms with Crippen molar-refractivity contribution in [1.29, 1.82) is 0 Å². The fourth-order valence-corrected chi connectivity index (χ4v) is 3.47. The van der Waals surface area contributed by atoms with E-state index in [9.17, 15) is 4.79 Å². The maximum absolute atomic E-state index is 12.3. The molecule has 0 saturated carbocycles. The lowest BCUT2D eigenvalue weighted by Gasteiger charge is -2.32. The second-order valence-corrected chi connectivity index (χ2v) is 7.55. The Bertz CT molecular complexity index is 756. The van der Waals surface area contributed by atoms with E-state index in [1.54, 1.807) is 18.2 Å². The number of nitrogens with one attached hydrogen (secondary N) is 1. The highest BCUT2D eigenvalue weighted by Crippen LogP contribution is 2.21. The van der Waals surface area contributed by atoms with Gasteiger partial charge in [0.05, 0.1) is 10.6 Å². The van der Waals surface area contributed by atoms with Gasteiger partial charge in [0.1, 0.15) is 0 Å². The molecule has 1 amide bonds. The van der Waals surface area contributed by atoms with Crippen molar-refractivity contribution in [3.05, 3.63) is 69.2 Å². The van der Waals surface area contributed by atoms with Gasteiger partial charge in [-0.05, 0) is 36.4 Å². The normalized spacial score (nSPS) is 15.8. The van der Waals surface area contributed by atoms with Crippen LogP contribution in [-0.2, 0) is 13.1 Å². The first-order chi connectivity index (χ1) is 12.5. The molecule has 0 aromatic heterocycles. The Balaban J connectivity index is 1.52. The minimum atomic E-state index is -0.201. The van der Waals surface area contributed by atoms with Crippen LogP contribution in [0.15, 0.2) is 42.5 Å². The number of rotatable bonds is 5. The lowest BCUT2D eigenvalue weighted by molar-refractivity contribution is 0.0951. The number of benzene rings is 2. The monoisotopic (exact) mass is 391 g/mol. The molecule has 0 bridgehead atoms. The van der Waals surface area contributed by atoms with Crippen molar-refractivity contribution < 1.29 is 4.79 Å². The quantitative estimate of drug-likeness (QED) is 0.844. The van der Waals surface area contributed by atoms with Gasteiger partial charge in [0.2, 0.25) is 0 Å². The number of hydrogen-bond donors (Lipinski definition) is 1. The van der Waals surface area contributed by atoms with Crippen LogP contribution in [-0.4, -0.2) is 48.9 Å².